The lowest BCUT2D eigenvalue weighted by molar-refractivity contribution is -0.169. The van der Waals surface area contributed by atoms with Gasteiger partial charge >= 0.3 is 0 Å². The molecule has 2 aliphatic rings. The minimum absolute atomic E-state index is 0.00334. The van der Waals surface area contributed by atoms with Crippen molar-refractivity contribution in [3.63, 3.8) is 0 Å². The van der Waals surface area contributed by atoms with Gasteiger partial charge in [-0.1, -0.05) is 13.8 Å². The number of amides is 1. The predicted octanol–water partition coefficient (Wildman–Crippen LogP) is 2.39. The first-order valence-corrected chi connectivity index (χ1v) is 9.74. The Kier molecular flexibility index (Phi) is 6.09. The lowest BCUT2D eigenvalue weighted by atomic mass is 10.0. The second-order valence-electron chi connectivity index (χ2n) is 7.08. The monoisotopic (exact) mass is 362 g/mol. The molecule has 1 aromatic rings. The predicted molar refractivity (Wildman–Crippen MR) is 99.3 cm³/mol. The van der Waals surface area contributed by atoms with Gasteiger partial charge in [-0.25, -0.2) is 9.97 Å². The first kappa shape index (κ1) is 19.0. The van der Waals surface area contributed by atoms with E-state index in [0.29, 0.717) is 24.9 Å². The third kappa shape index (κ3) is 4.15. The number of aromatic nitrogens is 2. The lowest BCUT2D eigenvalue weighted by Gasteiger charge is -2.37. The summed E-state index contributed by atoms with van der Waals surface area (Å²) in [4.78, 5) is 26.1. The minimum atomic E-state index is -0.419. The molecule has 7 nitrogen and oxygen atoms in total. The normalized spacial score (nSPS) is 19.1. The van der Waals surface area contributed by atoms with Crippen LogP contribution < -0.4 is 4.90 Å². The molecule has 0 saturated carbocycles. The van der Waals surface area contributed by atoms with Crippen LogP contribution in [0.3, 0.4) is 0 Å². The van der Waals surface area contributed by atoms with Crippen molar-refractivity contribution in [1.29, 1.82) is 0 Å². The Morgan fingerprint density at radius 2 is 1.77 bits per heavy atom. The Morgan fingerprint density at radius 3 is 2.35 bits per heavy atom. The van der Waals surface area contributed by atoms with Gasteiger partial charge in [-0.3, -0.25) is 4.79 Å². The van der Waals surface area contributed by atoms with Crippen LogP contribution in [0, 0.1) is 6.92 Å². The zero-order valence-corrected chi connectivity index (χ0v) is 16.2. The second kappa shape index (κ2) is 8.31. The second-order valence-corrected chi connectivity index (χ2v) is 7.08. The molecule has 3 rings (SSSR count). The SMILES string of the molecule is CCCN(CCC)C(=O)c1cc(C)nc(N2CCC3(CC2)OCCO3)n1. The van der Waals surface area contributed by atoms with Gasteiger partial charge in [0.1, 0.15) is 5.69 Å². The Balaban J connectivity index is 1.74. The highest BCUT2D eigenvalue weighted by molar-refractivity contribution is 5.92. The molecule has 1 spiro atoms. The fraction of sp³-hybridized carbons (Fsp3) is 0.737. The summed E-state index contributed by atoms with van der Waals surface area (Å²) in [7, 11) is 0. The molecule has 1 amide bonds. The third-order valence-corrected chi connectivity index (χ3v) is 4.96. The Morgan fingerprint density at radius 1 is 1.15 bits per heavy atom. The number of nitrogens with zero attached hydrogens (tertiary/aromatic N) is 4. The van der Waals surface area contributed by atoms with E-state index in [2.05, 4.69) is 28.7 Å². The van der Waals surface area contributed by atoms with Gasteiger partial charge in [-0.05, 0) is 25.8 Å². The average molecular weight is 362 g/mol. The third-order valence-electron chi connectivity index (χ3n) is 4.96. The number of aryl methyl sites for hydroxylation is 1. The summed E-state index contributed by atoms with van der Waals surface area (Å²) in [6.45, 7) is 10.5. The van der Waals surface area contributed by atoms with E-state index in [1.807, 2.05) is 11.8 Å². The number of anilines is 1. The highest BCUT2D eigenvalue weighted by Crippen LogP contribution is 2.32. The van der Waals surface area contributed by atoms with Crippen LogP contribution in [0.4, 0.5) is 5.95 Å². The van der Waals surface area contributed by atoms with Crippen LogP contribution in [0.1, 0.15) is 55.7 Å². The van der Waals surface area contributed by atoms with E-state index in [9.17, 15) is 4.79 Å². The lowest BCUT2D eigenvalue weighted by Crippen LogP contribution is -2.46. The van der Waals surface area contributed by atoms with Crippen molar-refractivity contribution in [1.82, 2.24) is 14.9 Å². The first-order valence-electron chi connectivity index (χ1n) is 9.74. The van der Waals surface area contributed by atoms with E-state index in [1.165, 1.54) is 0 Å². The van der Waals surface area contributed by atoms with Crippen molar-refractivity contribution in [2.24, 2.45) is 0 Å². The largest absolute Gasteiger partial charge is 0.347 e. The van der Waals surface area contributed by atoms with Crippen molar-refractivity contribution in [2.75, 3.05) is 44.3 Å². The number of hydrogen-bond acceptors (Lipinski definition) is 6. The van der Waals surface area contributed by atoms with Crippen molar-refractivity contribution < 1.29 is 14.3 Å². The van der Waals surface area contributed by atoms with E-state index in [-0.39, 0.29) is 5.91 Å². The quantitative estimate of drug-likeness (QED) is 0.774. The van der Waals surface area contributed by atoms with Crippen molar-refractivity contribution >= 4 is 11.9 Å². The molecule has 0 N–H and O–H groups in total. The molecular weight excluding hydrogens is 332 g/mol. The molecule has 2 fully saturated rings. The maximum atomic E-state index is 12.9. The van der Waals surface area contributed by atoms with Crippen LogP contribution in [0.15, 0.2) is 6.07 Å². The van der Waals surface area contributed by atoms with Gasteiger partial charge in [0.2, 0.25) is 5.95 Å². The smallest absolute Gasteiger partial charge is 0.272 e. The molecule has 2 saturated heterocycles. The summed E-state index contributed by atoms with van der Waals surface area (Å²) < 4.78 is 11.6. The van der Waals surface area contributed by atoms with Crippen molar-refractivity contribution in [2.45, 2.75) is 52.2 Å². The molecule has 0 aliphatic carbocycles. The van der Waals surface area contributed by atoms with Gasteiger partial charge in [0.15, 0.2) is 5.79 Å². The molecule has 1 aromatic heterocycles. The van der Waals surface area contributed by atoms with Crippen LogP contribution >= 0.6 is 0 Å². The number of hydrogen-bond donors (Lipinski definition) is 0. The fourth-order valence-corrected chi connectivity index (χ4v) is 3.65. The topological polar surface area (TPSA) is 67.8 Å². The van der Waals surface area contributed by atoms with E-state index in [0.717, 1.165) is 57.6 Å². The van der Waals surface area contributed by atoms with Gasteiger partial charge in [-0.15, -0.1) is 0 Å². The van der Waals surface area contributed by atoms with Crippen molar-refractivity contribution in [3.8, 4) is 0 Å². The van der Waals surface area contributed by atoms with Gasteiger partial charge < -0.3 is 19.3 Å². The fourth-order valence-electron chi connectivity index (χ4n) is 3.65. The molecule has 7 heteroatoms. The van der Waals surface area contributed by atoms with Crippen LogP contribution in [0.5, 0.6) is 0 Å². The van der Waals surface area contributed by atoms with Gasteiger partial charge in [0.05, 0.1) is 13.2 Å². The van der Waals surface area contributed by atoms with Gasteiger partial charge in [0, 0.05) is 44.7 Å². The van der Waals surface area contributed by atoms with E-state index < -0.39 is 5.79 Å². The molecule has 0 aromatic carbocycles. The molecule has 0 unspecified atom stereocenters. The van der Waals surface area contributed by atoms with Crippen LogP contribution in [-0.2, 0) is 9.47 Å². The number of carbonyl (C=O) groups excluding carboxylic acids is 1. The molecule has 0 atom stereocenters. The van der Waals surface area contributed by atoms with E-state index >= 15 is 0 Å². The summed E-state index contributed by atoms with van der Waals surface area (Å²) in [5.74, 6) is 0.211. The maximum Gasteiger partial charge on any atom is 0.272 e. The summed E-state index contributed by atoms with van der Waals surface area (Å²) >= 11 is 0. The average Bonchev–Trinajstić information content (AvgIpc) is 3.09. The van der Waals surface area contributed by atoms with E-state index in [1.54, 1.807) is 6.07 Å². The highest BCUT2D eigenvalue weighted by atomic mass is 16.7. The number of piperidine rings is 1. The molecule has 2 aliphatic heterocycles. The Hall–Kier alpha value is -1.73. The number of rotatable bonds is 6. The summed E-state index contributed by atoms with van der Waals surface area (Å²) in [5.41, 5.74) is 1.31. The summed E-state index contributed by atoms with van der Waals surface area (Å²) in [5, 5.41) is 0. The molecule has 3 heterocycles. The molecule has 144 valence electrons. The number of ether oxygens (including phenoxy) is 2. The maximum absolute atomic E-state index is 12.9. The summed E-state index contributed by atoms with van der Waals surface area (Å²) in [6, 6.07) is 1.79. The minimum Gasteiger partial charge on any atom is -0.347 e. The van der Waals surface area contributed by atoms with Crippen LogP contribution in [-0.4, -0.2) is 66.0 Å². The van der Waals surface area contributed by atoms with Gasteiger partial charge in [0.25, 0.3) is 5.91 Å². The molecule has 0 bridgehead atoms. The van der Waals surface area contributed by atoms with E-state index in [4.69, 9.17) is 9.47 Å². The van der Waals surface area contributed by atoms with Gasteiger partial charge in [-0.2, -0.15) is 0 Å². The zero-order chi connectivity index (χ0) is 18.6. The van der Waals surface area contributed by atoms with Crippen LogP contribution in [0.2, 0.25) is 0 Å². The molecular formula is C19H30N4O3. The summed E-state index contributed by atoms with van der Waals surface area (Å²) in [6.07, 6.45) is 3.48. The standard InChI is InChI=1S/C19H30N4O3/c1-4-8-22(9-5-2)17(24)16-14-15(3)20-18(21-16)23-10-6-19(7-11-23)25-12-13-26-19/h14H,4-13H2,1-3H3. The first-order chi connectivity index (χ1) is 12.6. The highest BCUT2D eigenvalue weighted by Gasteiger charge is 2.40. The van der Waals surface area contributed by atoms with Crippen LogP contribution in [0.25, 0.3) is 0 Å². The molecule has 26 heavy (non-hydrogen) atoms. The molecule has 0 radical (unpaired) electrons. The number of carbonyl (C=O) groups is 1. The Bertz CT molecular complexity index is 615. The van der Waals surface area contributed by atoms with Crippen molar-refractivity contribution in [3.05, 3.63) is 17.5 Å². The Labute approximate surface area is 155 Å². The zero-order valence-electron chi connectivity index (χ0n) is 16.2.